The molecule has 76 valence electrons. The molecule has 6 heteroatoms. The van der Waals surface area contributed by atoms with Crippen LogP contribution in [-0.2, 0) is 0 Å². The lowest BCUT2D eigenvalue weighted by Crippen LogP contribution is -2.13. The van der Waals surface area contributed by atoms with Crippen LogP contribution in [0, 0.1) is 5.82 Å². The summed E-state index contributed by atoms with van der Waals surface area (Å²) >= 11 is 5.81. The summed E-state index contributed by atoms with van der Waals surface area (Å²) in [6.07, 6.45) is -3.21. The van der Waals surface area contributed by atoms with E-state index in [0.717, 1.165) is 6.07 Å². The number of alkyl halides is 2. The summed E-state index contributed by atoms with van der Waals surface area (Å²) in [7, 11) is 0. The van der Waals surface area contributed by atoms with Gasteiger partial charge >= 0.3 is 6.43 Å². The lowest BCUT2D eigenvalue weighted by molar-refractivity contribution is 0.0673. The van der Waals surface area contributed by atoms with Crippen LogP contribution < -0.4 is 0 Å². The summed E-state index contributed by atoms with van der Waals surface area (Å²) in [6.45, 7) is 0. The number of ketones is 1. The Hall–Kier alpha value is -0.360. The van der Waals surface area contributed by atoms with Crippen molar-refractivity contribution in [2.45, 2.75) is 6.43 Å². The number of Topliss-reactive ketones (excluding diaryl/α,β-unsaturated/α-hetero) is 1. The molecule has 0 saturated heterocycles. The predicted molar refractivity (Wildman–Crippen MR) is 52.1 cm³/mol. The molecular formula is C8H3Br2F3O. The van der Waals surface area contributed by atoms with Crippen molar-refractivity contribution in [3.63, 3.8) is 0 Å². The fourth-order valence-corrected chi connectivity index (χ4v) is 2.26. The van der Waals surface area contributed by atoms with Crippen molar-refractivity contribution in [3.8, 4) is 0 Å². The Balaban J connectivity index is 3.28. The van der Waals surface area contributed by atoms with Gasteiger partial charge in [-0.3, -0.25) is 4.79 Å². The highest BCUT2D eigenvalue weighted by Gasteiger charge is 2.24. The molecule has 0 N–H and O–H groups in total. The van der Waals surface area contributed by atoms with Crippen molar-refractivity contribution in [3.05, 3.63) is 32.5 Å². The lowest BCUT2D eigenvalue weighted by atomic mass is 10.1. The first kappa shape index (κ1) is 11.7. The van der Waals surface area contributed by atoms with Gasteiger partial charge in [-0.2, -0.15) is 0 Å². The first-order valence-electron chi connectivity index (χ1n) is 3.40. The van der Waals surface area contributed by atoms with E-state index in [-0.39, 0.29) is 4.47 Å². The molecule has 0 amide bonds. The van der Waals surface area contributed by atoms with Gasteiger partial charge in [-0.05, 0) is 28.1 Å². The van der Waals surface area contributed by atoms with Crippen LogP contribution in [-0.4, -0.2) is 12.2 Å². The van der Waals surface area contributed by atoms with Gasteiger partial charge in [0.15, 0.2) is 0 Å². The molecule has 1 aromatic rings. The van der Waals surface area contributed by atoms with Crippen molar-refractivity contribution in [2.75, 3.05) is 0 Å². The molecule has 0 fully saturated rings. The number of hydrogen-bond acceptors (Lipinski definition) is 1. The molecule has 0 aliphatic carbocycles. The van der Waals surface area contributed by atoms with Crippen LogP contribution in [0.4, 0.5) is 13.2 Å². The Kier molecular flexibility index (Phi) is 3.71. The number of halogens is 5. The van der Waals surface area contributed by atoms with Gasteiger partial charge in [0.05, 0.1) is 5.56 Å². The standard InChI is InChI=1S/C8H3Br2F3O/c9-3-1-4(10)6(5(11)2-3)7(14)8(12)13/h1-2,8H. The monoisotopic (exact) mass is 330 g/mol. The molecule has 0 saturated carbocycles. The fraction of sp³-hybridized carbons (Fsp3) is 0.125. The van der Waals surface area contributed by atoms with E-state index in [1.165, 1.54) is 6.07 Å². The van der Waals surface area contributed by atoms with Crippen LogP contribution in [0.2, 0.25) is 0 Å². The van der Waals surface area contributed by atoms with Gasteiger partial charge in [-0.15, -0.1) is 0 Å². The molecule has 0 heterocycles. The van der Waals surface area contributed by atoms with E-state index in [0.29, 0.717) is 4.47 Å². The second-order valence-electron chi connectivity index (χ2n) is 2.41. The largest absolute Gasteiger partial charge is 0.300 e. The number of hydrogen-bond donors (Lipinski definition) is 0. The van der Waals surface area contributed by atoms with Gasteiger partial charge < -0.3 is 0 Å². The summed E-state index contributed by atoms with van der Waals surface area (Å²) < 4.78 is 37.5. The van der Waals surface area contributed by atoms with E-state index in [4.69, 9.17) is 0 Å². The van der Waals surface area contributed by atoms with Crippen molar-refractivity contribution in [1.82, 2.24) is 0 Å². The molecule has 0 atom stereocenters. The maximum atomic E-state index is 13.1. The summed E-state index contributed by atoms with van der Waals surface area (Å²) in [5.74, 6) is -2.50. The first-order valence-corrected chi connectivity index (χ1v) is 4.99. The zero-order valence-electron chi connectivity index (χ0n) is 6.53. The average Bonchev–Trinajstić information content (AvgIpc) is 2.01. The minimum atomic E-state index is -3.21. The fourth-order valence-electron chi connectivity index (χ4n) is 0.887. The SMILES string of the molecule is O=C(c1c(F)cc(Br)cc1Br)C(F)F. The summed E-state index contributed by atoms with van der Waals surface area (Å²) in [4.78, 5) is 10.9. The maximum Gasteiger partial charge on any atom is 0.300 e. The van der Waals surface area contributed by atoms with Crippen LogP contribution >= 0.6 is 31.9 Å². The number of benzene rings is 1. The van der Waals surface area contributed by atoms with Gasteiger partial charge in [-0.25, -0.2) is 13.2 Å². The highest BCUT2D eigenvalue weighted by Crippen LogP contribution is 2.26. The topological polar surface area (TPSA) is 17.1 Å². The zero-order valence-corrected chi connectivity index (χ0v) is 9.70. The van der Waals surface area contributed by atoms with Crippen molar-refractivity contribution in [2.24, 2.45) is 0 Å². The minimum absolute atomic E-state index is 0.00896. The maximum absolute atomic E-state index is 13.1. The Morgan fingerprint density at radius 2 is 1.86 bits per heavy atom. The third-order valence-corrected chi connectivity index (χ3v) is 2.53. The van der Waals surface area contributed by atoms with Gasteiger partial charge in [0.1, 0.15) is 5.82 Å². The van der Waals surface area contributed by atoms with Crippen molar-refractivity contribution < 1.29 is 18.0 Å². The van der Waals surface area contributed by atoms with E-state index in [1.54, 1.807) is 0 Å². The predicted octanol–water partition coefficient (Wildman–Crippen LogP) is 3.80. The number of carbonyl (C=O) groups is 1. The summed E-state index contributed by atoms with van der Waals surface area (Å²) in [5.41, 5.74) is -0.622. The van der Waals surface area contributed by atoms with Gasteiger partial charge in [0.25, 0.3) is 0 Å². The molecule has 0 aliphatic heterocycles. The lowest BCUT2D eigenvalue weighted by Gasteiger charge is -2.04. The molecule has 0 spiro atoms. The van der Waals surface area contributed by atoms with Gasteiger partial charge in [0.2, 0.25) is 5.78 Å². The van der Waals surface area contributed by atoms with Crippen molar-refractivity contribution >= 4 is 37.6 Å². The smallest absolute Gasteiger partial charge is 0.288 e. The molecular weight excluding hydrogens is 329 g/mol. The van der Waals surface area contributed by atoms with E-state index < -0.39 is 23.6 Å². The second kappa shape index (κ2) is 4.44. The third kappa shape index (κ3) is 2.36. The van der Waals surface area contributed by atoms with Gasteiger partial charge in [0, 0.05) is 8.95 Å². The average molecular weight is 332 g/mol. The number of rotatable bonds is 2. The van der Waals surface area contributed by atoms with E-state index >= 15 is 0 Å². The Labute approximate surface area is 94.6 Å². The summed E-state index contributed by atoms with van der Waals surface area (Å²) in [6, 6.07) is 2.29. The normalized spacial score (nSPS) is 10.7. The third-order valence-electron chi connectivity index (χ3n) is 1.45. The zero-order chi connectivity index (χ0) is 10.9. The Morgan fingerprint density at radius 3 is 2.29 bits per heavy atom. The second-order valence-corrected chi connectivity index (χ2v) is 4.18. The molecule has 0 aliphatic rings. The highest BCUT2D eigenvalue weighted by atomic mass is 79.9. The molecule has 0 aromatic heterocycles. The molecule has 14 heavy (non-hydrogen) atoms. The molecule has 0 unspecified atom stereocenters. The van der Waals surface area contributed by atoms with Crippen LogP contribution in [0.5, 0.6) is 0 Å². The van der Waals surface area contributed by atoms with Crippen LogP contribution in [0.25, 0.3) is 0 Å². The van der Waals surface area contributed by atoms with Crippen LogP contribution in [0.15, 0.2) is 21.1 Å². The van der Waals surface area contributed by atoms with E-state index in [9.17, 15) is 18.0 Å². The first-order chi connectivity index (χ1) is 6.43. The quantitative estimate of drug-likeness (QED) is 0.753. The van der Waals surface area contributed by atoms with Gasteiger partial charge in [-0.1, -0.05) is 15.9 Å². The molecule has 1 nitrogen and oxygen atoms in total. The molecule has 0 bridgehead atoms. The van der Waals surface area contributed by atoms with Crippen molar-refractivity contribution in [1.29, 1.82) is 0 Å². The van der Waals surface area contributed by atoms with Crippen LogP contribution in [0.3, 0.4) is 0 Å². The number of carbonyl (C=O) groups excluding carboxylic acids is 1. The Morgan fingerprint density at radius 1 is 1.29 bits per heavy atom. The molecule has 1 rings (SSSR count). The van der Waals surface area contributed by atoms with E-state index in [1.807, 2.05) is 0 Å². The highest BCUT2D eigenvalue weighted by molar-refractivity contribution is 9.11. The Bertz CT molecular complexity index is 356. The molecule has 1 aromatic carbocycles. The van der Waals surface area contributed by atoms with Crippen LogP contribution in [0.1, 0.15) is 10.4 Å². The molecule has 0 radical (unpaired) electrons. The van der Waals surface area contributed by atoms with E-state index in [2.05, 4.69) is 31.9 Å². The minimum Gasteiger partial charge on any atom is -0.288 e. The summed E-state index contributed by atoms with van der Waals surface area (Å²) in [5, 5.41) is 0.